The molecular weight excluding hydrogens is 168 g/mol. The fourth-order valence-corrected chi connectivity index (χ4v) is 0.717. The van der Waals surface area contributed by atoms with Crippen LogP contribution in [0, 0.1) is 28.7 Å². The van der Waals surface area contributed by atoms with Gasteiger partial charge in [-0.15, -0.1) is 0 Å². The van der Waals surface area contributed by atoms with Gasteiger partial charge in [-0.3, -0.25) is 10.1 Å². The van der Waals surface area contributed by atoms with Gasteiger partial charge in [-0.2, -0.15) is 4.39 Å². The Bertz CT molecular complexity index is 338. The Kier molecular flexibility index (Phi) is 2.03. The zero-order chi connectivity index (χ0) is 9.30. The minimum absolute atomic E-state index is 0.196. The van der Waals surface area contributed by atoms with Gasteiger partial charge in [0.1, 0.15) is 5.82 Å². The highest BCUT2D eigenvalue weighted by Crippen LogP contribution is 2.20. The van der Waals surface area contributed by atoms with Crippen LogP contribution in [0.1, 0.15) is 5.56 Å². The molecule has 63 valence electrons. The van der Waals surface area contributed by atoms with Crippen molar-refractivity contribution in [1.29, 1.82) is 0 Å². The first-order valence-corrected chi connectivity index (χ1v) is 2.97. The van der Waals surface area contributed by atoms with Crippen LogP contribution in [0.3, 0.4) is 0 Å². The maximum Gasteiger partial charge on any atom is 0.307 e. The molecule has 0 bridgehead atoms. The predicted molar refractivity (Wildman–Crippen MR) is 37.5 cm³/mol. The first-order chi connectivity index (χ1) is 5.52. The van der Waals surface area contributed by atoms with Crippen molar-refractivity contribution in [2.75, 3.05) is 0 Å². The van der Waals surface area contributed by atoms with Gasteiger partial charge >= 0.3 is 5.69 Å². The minimum atomic E-state index is -1.08. The molecule has 0 saturated carbocycles. The number of hydrogen-bond donors (Lipinski definition) is 0. The van der Waals surface area contributed by atoms with E-state index in [1.807, 2.05) is 0 Å². The lowest BCUT2D eigenvalue weighted by Crippen LogP contribution is -1.95. The molecule has 0 unspecified atom stereocenters. The second kappa shape index (κ2) is 2.84. The van der Waals surface area contributed by atoms with Crippen molar-refractivity contribution >= 4 is 5.69 Å². The molecular formula is C7H4F2NO2. The smallest absolute Gasteiger partial charge is 0.258 e. The lowest BCUT2D eigenvalue weighted by Gasteiger charge is -1.96. The molecule has 3 nitrogen and oxygen atoms in total. The van der Waals surface area contributed by atoms with Gasteiger partial charge in [-0.05, 0) is 18.6 Å². The van der Waals surface area contributed by atoms with E-state index in [0.29, 0.717) is 12.1 Å². The number of benzene rings is 1. The first-order valence-electron chi connectivity index (χ1n) is 2.97. The molecule has 0 aliphatic rings. The van der Waals surface area contributed by atoms with Crippen LogP contribution in [-0.4, -0.2) is 4.92 Å². The third-order valence-corrected chi connectivity index (χ3v) is 1.31. The highest BCUT2D eigenvalue weighted by molar-refractivity contribution is 5.37. The number of hydrogen-bond acceptors (Lipinski definition) is 2. The van der Waals surface area contributed by atoms with Crippen LogP contribution in [0.4, 0.5) is 14.5 Å². The normalized spacial score (nSPS) is 9.92. The summed E-state index contributed by atoms with van der Waals surface area (Å²) in [5, 5.41) is 10.1. The van der Waals surface area contributed by atoms with E-state index >= 15 is 0 Å². The summed E-state index contributed by atoms with van der Waals surface area (Å²) in [4.78, 5) is 9.08. The fourth-order valence-electron chi connectivity index (χ4n) is 0.717. The lowest BCUT2D eigenvalue weighted by molar-refractivity contribution is -0.387. The summed E-state index contributed by atoms with van der Waals surface area (Å²) < 4.78 is 25.2. The van der Waals surface area contributed by atoms with Gasteiger partial charge in [-0.25, -0.2) is 4.39 Å². The number of nitro groups is 1. The molecule has 5 heteroatoms. The molecule has 1 radical (unpaired) electrons. The molecule has 1 aromatic rings. The molecule has 0 aromatic heterocycles. The van der Waals surface area contributed by atoms with E-state index in [-0.39, 0.29) is 5.56 Å². The van der Waals surface area contributed by atoms with E-state index in [1.165, 1.54) is 0 Å². The topological polar surface area (TPSA) is 43.1 Å². The molecule has 0 aliphatic carbocycles. The van der Waals surface area contributed by atoms with Crippen molar-refractivity contribution in [2.24, 2.45) is 0 Å². The van der Waals surface area contributed by atoms with Crippen LogP contribution in [0.5, 0.6) is 0 Å². The summed E-state index contributed by atoms with van der Waals surface area (Å²) in [6.07, 6.45) is 0. The highest BCUT2D eigenvalue weighted by Gasteiger charge is 2.16. The molecule has 1 rings (SSSR count). The second-order valence-electron chi connectivity index (χ2n) is 2.15. The van der Waals surface area contributed by atoms with Gasteiger partial charge < -0.3 is 0 Å². The van der Waals surface area contributed by atoms with Crippen molar-refractivity contribution in [3.05, 3.63) is 46.4 Å². The van der Waals surface area contributed by atoms with E-state index in [0.717, 1.165) is 0 Å². The van der Waals surface area contributed by atoms with Crippen LogP contribution in [-0.2, 0) is 0 Å². The van der Waals surface area contributed by atoms with E-state index in [4.69, 9.17) is 0 Å². The average Bonchev–Trinajstić information content (AvgIpc) is 1.96. The monoisotopic (exact) mass is 172 g/mol. The summed E-state index contributed by atoms with van der Waals surface area (Å²) in [6.45, 7) is 3.14. The van der Waals surface area contributed by atoms with Crippen LogP contribution in [0.2, 0.25) is 0 Å². The summed E-state index contributed by atoms with van der Waals surface area (Å²) in [5.41, 5.74) is -1.07. The van der Waals surface area contributed by atoms with Gasteiger partial charge in [-0.1, -0.05) is 0 Å². The largest absolute Gasteiger partial charge is 0.307 e. The number of nitrogens with zero attached hydrogens (tertiary/aromatic N) is 1. The first kappa shape index (κ1) is 8.58. The number of rotatable bonds is 1. The van der Waals surface area contributed by atoms with Crippen molar-refractivity contribution in [3.8, 4) is 0 Å². The minimum Gasteiger partial charge on any atom is -0.258 e. The molecule has 0 amide bonds. The van der Waals surface area contributed by atoms with E-state index in [1.54, 1.807) is 0 Å². The Morgan fingerprint density at radius 1 is 1.33 bits per heavy atom. The Morgan fingerprint density at radius 2 is 1.92 bits per heavy atom. The molecule has 12 heavy (non-hydrogen) atoms. The van der Waals surface area contributed by atoms with Crippen molar-refractivity contribution in [3.63, 3.8) is 0 Å². The third-order valence-electron chi connectivity index (χ3n) is 1.31. The Hall–Kier alpha value is -1.52. The molecule has 0 fully saturated rings. The Labute approximate surface area is 66.8 Å². The van der Waals surface area contributed by atoms with Gasteiger partial charge in [0, 0.05) is 0 Å². The zero-order valence-corrected chi connectivity index (χ0v) is 5.88. The van der Waals surface area contributed by atoms with E-state index in [9.17, 15) is 18.9 Å². The van der Waals surface area contributed by atoms with Gasteiger partial charge in [0.05, 0.1) is 11.0 Å². The fraction of sp³-hybridized carbons (Fsp3) is 0. The second-order valence-corrected chi connectivity index (χ2v) is 2.15. The van der Waals surface area contributed by atoms with Gasteiger partial charge in [0.25, 0.3) is 0 Å². The van der Waals surface area contributed by atoms with Crippen molar-refractivity contribution in [1.82, 2.24) is 0 Å². The molecule has 0 N–H and O–H groups in total. The van der Waals surface area contributed by atoms with Crippen LogP contribution >= 0.6 is 0 Å². The molecule has 0 spiro atoms. The summed E-state index contributed by atoms with van der Waals surface area (Å²) in [6, 6.07) is 1.20. The summed E-state index contributed by atoms with van der Waals surface area (Å²) >= 11 is 0. The maximum atomic E-state index is 12.6. The van der Waals surface area contributed by atoms with Crippen molar-refractivity contribution < 1.29 is 13.7 Å². The lowest BCUT2D eigenvalue weighted by atomic mass is 10.2. The SMILES string of the molecule is [CH2]c1cc(F)c([N+](=O)[O-])cc1F. The molecule has 0 saturated heterocycles. The average molecular weight is 172 g/mol. The quantitative estimate of drug-likeness (QED) is 0.480. The molecule has 1 aromatic carbocycles. The summed E-state index contributed by atoms with van der Waals surface area (Å²) in [5.74, 6) is -1.96. The van der Waals surface area contributed by atoms with E-state index < -0.39 is 22.2 Å². The number of nitro benzene ring substituents is 1. The Morgan fingerprint density at radius 3 is 2.42 bits per heavy atom. The van der Waals surface area contributed by atoms with Gasteiger partial charge in [0.2, 0.25) is 5.82 Å². The predicted octanol–water partition coefficient (Wildman–Crippen LogP) is 2.06. The maximum absolute atomic E-state index is 12.6. The molecule has 0 heterocycles. The number of halogens is 2. The Balaban J connectivity index is 3.33. The third kappa shape index (κ3) is 1.39. The zero-order valence-electron chi connectivity index (χ0n) is 5.88. The summed E-state index contributed by atoms with van der Waals surface area (Å²) in [7, 11) is 0. The van der Waals surface area contributed by atoms with Gasteiger partial charge in [0.15, 0.2) is 0 Å². The molecule has 0 atom stereocenters. The molecule has 0 aliphatic heterocycles. The van der Waals surface area contributed by atoms with Crippen LogP contribution in [0.15, 0.2) is 12.1 Å². The standard InChI is InChI=1S/C7H4F2NO2/c1-4-2-6(9)7(10(11)12)3-5(4)8/h2-3H,1H2. The van der Waals surface area contributed by atoms with Crippen LogP contribution in [0.25, 0.3) is 0 Å². The van der Waals surface area contributed by atoms with Crippen molar-refractivity contribution in [2.45, 2.75) is 0 Å². The van der Waals surface area contributed by atoms with E-state index in [2.05, 4.69) is 6.92 Å². The highest BCUT2D eigenvalue weighted by atomic mass is 19.1. The van der Waals surface area contributed by atoms with Crippen LogP contribution < -0.4 is 0 Å².